The summed E-state index contributed by atoms with van der Waals surface area (Å²) in [7, 11) is 0. The lowest BCUT2D eigenvalue weighted by Crippen LogP contribution is -1.92. The molecule has 0 aliphatic heterocycles. The maximum absolute atomic E-state index is 8.55. The van der Waals surface area contributed by atoms with Crippen molar-refractivity contribution in [3.05, 3.63) is 29.6 Å². The number of hydrogen-bond donors (Lipinski definition) is 2. The van der Waals surface area contributed by atoms with E-state index in [1.54, 1.807) is 6.20 Å². The van der Waals surface area contributed by atoms with E-state index < -0.39 is 0 Å². The van der Waals surface area contributed by atoms with Gasteiger partial charge in [0.1, 0.15) is 0 Å². The van der Waals surface area contributed by atoms with Crippen LogP contribution >= 0.6 is 0 Å². The quantitative estimate of drug-likeness (QED) is 0.734. The predicted molar refractivity (Wildman–Crippen MR) is 54.1 cm³/mol. The molecule has 0 aliphatic carbocycles. The number of pyridine rings is 1. The molecule has 3 heteroatoms. The van der Waals surface area contributed by atoms with Gasteiger partial charge in [0.05, 0.1) is 11.4 Å². The van der Waals surface area contributed by atoms with Crippen LogP contribution in [0.1, 0.15) is 17.7 Å². The number of nitrogens with zero attached hydrogens (tertiary/aromatic N) is 1. The molecule has 0 aliphatic rings. The largest absolute Gasteiger partial charge is 0.397 e. The van der Waals surface area contributed by atoms with Gasteiger partial charge < -0.3 is 10.8 Å². The summed E-state index contributed by atoms with van der Waals surface area (Å²) in [5.74, 6) is 0. The normalized spacial score (nSPS) is 10.9. The van der Waals surface area contributed by atoms with Crippen molar-refractivity contribution >= 4 is 11.8 Å². The Balaban J connectivity index is 2.73. The molecule has 0 amide bonds. The standard InChI is InChI=1S/C10H14N2O/c1-8-10(11)6-9(7-12-8)4-2-3-5-13/h2,4,6-7,13H,3,5,11H2,1H3. The van der Waals surface area contributed by atoms with Gasteiger partial charge in [0.25, 0.3) is 0 Å². The molecule has 0 aromatic carbocycles. The van der Waals surface area contributed by atoms with E-state index in [0.717, 1.165) is 11.3 Å². The minimum Gasteiger partial charge on any atom is -0.397 e. The molecule has 3 nitrogen and oxygen atoms in total. The van der Waals surface area contributed by atoms with Gasteiger partial charge in [0, 0.05) is 12.8 Å². The van der Waals surface area contributed by atoms with Gasteiger partial charge in [-0.2, -0.15) is 0 Å². The van der Waals surface area contributed by atoms with Crippen LogP contribution in [-0.4, -0.2) is 16.7 Å². The predicted octanol–water partition coefficient (Wildman–Crippen LogP) is 1.37. The van der Waals surface area contributed by atoms with E-state index >= 15 is 0 Å². The first kappa shape index (κ1) is 9.74. The molecule has 13 heavy (non-hydrogen) atoms. The Morgan fingerprint density at radius 2 is 2.38 bits per heavy atom. The average molecular weight is 178 g/mol. The van der Waals surface area contributed by atoms with E-state index in [2.05, 4.69) is 4.98 Å². The number of nitrogen functional groups attached to an aromatic ring is 1. The summed E-state index contributed by atoms with van der Waals surface area (Å²) in [6.07, 6.45) is 6.22. The SMILES string of the molecule is Cc1ncc(C=CCCO)cc1N. The third-order valence-corrected chi connectivity index (χ3v) is 1.75. The molecule has 0 atom stereocenters. The minimum atomic E-state index is 0.172. The van der Waals surface area contributed by atoms with Crippen molar-refractivity contribution in [2.24, 2.45) is 0 Å². The van der Waals surface area contributed by atoms with Crippen LogP contribution in [0.3, 0.4) is 0 Å². The first-order chi connectivity index (χ1) is 6.24. The van der Waals surface area contributed by atoms with Crippen LogP contribution in [0, 0.1) is 6.92 Å². The number of aryl methyl sites for hydroxylation is 1. The first-order valence-corrected chi connectivity index (χ1v) is 4.23. The highest BCUT2D eigenvalue weighted by molar-refractivity contribution is 5.55. The Hall–Kier alpha value is -1.35. The molecule has 1 rings (SSSR count). The zero-order valence-electron chi connectivity index (χ0n) is 7.70. The zero-order chi connectivity index (χ0) is 9.68. The highest BCUT2D eigenvalue weighted by Crippen LogP contribution is 2.10. The molecule has 0 radical (unpaired) electrons. The van der Waals surface area contributed by atoms with Crippen molar-refractivity contribution in [3.8, 4) is 0 Å². The molecule has 0 saturated carbocycles. The Bertz CT molecular complexity index is 308. The lowest BCUT2D eigenvalue weighted by Gasteiger charge is -1.99. The number of aromatic nitrogens is 1. The van der Waals surface area contributed by atoms with E-state index in [-0.39, 0.29) is 6.61 Å². The Labute approximate surface area is 77.9 Å². The van der Waals surface area contributed by atoms with Gasteiger partial charge in [-0.1, -0.05) is 12.2 Å². The van der Waals surface area contributed by atoms with Gasteiger partial charge in [-0.15, -0.1) is 0 Å². The number of aliphatic hydroxyl groups is 1. The second-order valence-corrected chi connectivity index (χ2v) is 2.86. The molecule has 3 N–H and O–H groups in total. The molecule has 0 spiro atoms. The lowest BCUT2D eigenvalue weighted by molar-refractivity contribution is 0.303. The molecule has 1 aromatic rings. The topological polar surface area (TPSA) is 59.1 Å². The van der Waals surface area contributed by atoms with Crippen molar-refractivity contribution < 1.29 is 5.11 Å². The van der Waals surface area contributed by atoms with E-state index in [4.69, 9.17) is 10.8 Å². The summed E-state index contributed by atoms with van der Waals surface area (Å²) in [5, 5.41) is 8.55. The maximum Gasteiger partial charge on any atom is 0.0602 e. The number of nitrogens with two attached hydrogens (primary N) is 1. The third-order valence-electron chi connectivity index (χ3n) is 1.75. The fraction of sp³-hybridized carbons (Fsp3) is 0.300. The van der Waals surface area contributed by atoms with Gasteiger partial charge in [-0.05, 0) is 25.0 Å². The first-order valence-electron chi connectivity index (χ1n) is 4.23. The van der Waals surface area contributed by atoms with Crippen LogP contribution in [0.25, 0.3) is 6.08 Å². The van der Waals surface area contributed by atoms with E-state index in [0.29, 0.717) is 12.1 Å². The summed E-state index contributed by atoms with van der Waals surface area (Å²) < 4.78 is 0. The summed E-state index contributed by atoms with van der Waals surface area (Å²) in [4.78, 5) is 4.12. The van der Waals surface area contributed by atoms with Crippen LogP contribution in [0.4, 0.5) is 5.69 Å². The second-order valence-electron chi connectivity index (χ2n) is 2.86. The summed E-state index contributed by atoms with van der Waals surface area (Å²) in [6.45, 7) is 2.04. The van der Waals surface area contributed by atoms with Gasteiger partial charge >= 0.3 is 0 Å². The number of anilines is 1. The van der Waals surface area contributed by atoms with Gasteiger partial charge in [-0.3, -0.25) is 4.98 Å². The minimum absolute atomic E-state index is 0.172. The van der Waals surface area contributed by atoms with Gasteiger partial charge in [0.15, 0.2) is 0 Å². The molecule has 0 bridgehead atoms. The van der Waals surface area contributed by atoms with Crippen molar-refractivity contribution in [2.45, 2.75) is 13.3 Å². The van der Waals surface area contributed by atoms with Crippen LogP contribution in [0.2, 0.25) is 0 Å². The Kier molecular flexibility index (Phi) is 3.46. The molecule has 1 aromatic heterocycles. The summed E-state index contributed by atoms with van der Waals surface area (Å²) in [5.41, 5.74) is 8.19. The molecule has 0 fully saturated rings. The summed E-state index contributed by atoms with van der Waals surface area (Å²) in [6, 6.07) is 1.87. The Morgan fingerprint density at radius 3 is 3.00 bits per heavy atom. The van der Waals surface area contributed by atoms with Crippen molar-refractivity contribution in [3.63, 3.8) is 0 Å². The second kappa shape index (κ2) is 4.62. The van der Waals surface area contributed by atoms with Crippen LogP contribution < -0.4 is 5.73 Å². The van der Waals surface area contributed by atoms with E-state index in [1.165, 1.54) is 0 Å². The van der Waals surface area contributed by atoms with Gasteiger partial charge in [0.2, 0.25) is 0 Å². The Morgan fingerprint density at radius 1 is 1.62 bits per heavy atom. The molecular weight excluding hydrogens is 164 g/mol. The monoisotopic (exact) mass is 178 g/mol. The average Bonchev–Trinajstić information content (AvgIpc) is 2.12. The number of rotatable bonds is 3. The van der Waals surface area contributed by atoms with E-state index in [1.807, 2.05) is 25.1 Å². The van der Waals surface area contributed by atoms with Crippen molar-refractivity contribution in [1.82, 2.24) is 4.98 Å². The van der Waals surface area contributed by atoms with Crippen LogP contribution in [0.5, 0.6) is 0 Å². The molecular formula is C10H14N2O. The van der Waals surface area contributed by atoms with Crippen molar-refractivity contribution in [1.29, 1.82) is 0 Å². The highest BCUT2D eigenvalue weighted by Gasteiger charge is 1.94. The van der Waals surface area contributed by atoms with Crippen molar-refractivity contribution in [2.75, 3.05) is 12.3 Å². The highest BCUT2D eigenvalue weighted by atomic mass is 16.2. The number of hydrogen-bond acceptors (Lipinski definition) is 3. The third kappa shape index (κ3) is 2.87. The fourth-order valence-corrected chi connectivity index (χ4v) is 0.952. The smallest absolute Gasteiger partial charge is 0.0602 e. The van der Waals surface area contributed by atoms with Crippen LogP contribution in [-0.2, 0) is 0 Å². The number of aliphatic hydroxyl groups excluding tert-OH is 1. The molecule has 70 valence electrons. The maximum atomic E-state index is 8.55. The molecule has 0 saturated heterocycles. The fourth-order valence-electron chi connectivity index (χ4n) is 0.952. The van der Waals surface area contributed by atoms with Crippen LogP contribution in [0.15, 0.2) is 18.3 Å². The van der Waals surface area contributed by atoms with E-state index in [9.17, 15) is 0 Å². The van der Waals surface area contributed by atoms with Gasteiger partial charge in [-0.25, -0.2) is 0 Å². The lowest BCUT2D eigenvalue weighted by atomic mass is 10.2. The molecule has 1 heterocycles. The zero-order valence-corrected chi connectivity index (χ0v) is 7.70. The molecule has 0 unspecified atom stereocenters. The summed E-state index contributed by atoms with van der Waals surface area (Å²) >= 11 is 0.